The summed E-state index contributed by atoms with van der Waals surface area (Å²) in [7, 11) is 0. The van der Waals surface area contributed by atoms with Gasteiger partial charge in [0, 0.05) is 17.8 Å². The summed E-state index contributed by atoms with van der Waals surface area (Å²) in [6.45, 7) is 7.60. The zero-order valence-electron chi connectivity index (χ0n) is 9.38. The fraction of sp³-hybridized carbons (Fsp3) is 1.00. The topological polar surface area (TPSA) is 21.3 Å². The van der Waals surface area contributed by atoms with Crippen LogP contribution in [-0.4, -0.2) is 35.8 Å². The minimum absolute atomic E-state index is 0.0899. The highest BCUT2D eigenvalue weighted by atomic mass is 32.2. The lowest BCUT2D eigenvalue weighted by Crippen LogP contribution is -2.42. The molecule has 14 heavy (non-hydrogen) atoms. The number of thioether (sulfide) groups is 1. The Morgan fingerprint density at radius 1 is 1.36 bits per heavy atom. The molecule has 2 fully saturated rings. The minimum Gasteiger partial charge on any atom is -0.374 e. The van der Waals surface area contributed by atoms with E-state index < -0.39 is 0 Å². The Balaban J connectivity index is 1.81. The Bertz CT molecular complexity index is 207. The highest BCUT2D eigenvalue weighted by molar-refractivity contribution is 7.99. The van der Waals surface area contributed by atoms with Gasteiger partial charge >= 0.3 is 0 Å². The van der Waals surface area contributed by atoms with Crippen molar-refractivity contribution in [3.05, 3.63) is 0 Å². The molecule has 3 atom stereocenters. The summed E-state index contributed by atoms with van der Waals surface area (Å²) in [6.07, 6.45) is 1.15. The third kappa shape index (κ3) is 2.44. The Kier molecular flexibility index (Phi) is 3.10. The third-order valence-electron chi connectivity index (χ3n) is 3.23. The lowest BCUT2D eigenvalue weighted by molar-refractivity contribution is 0.0355. The van der Waals surface area contributed by atoms with E-state index in [0.29, 0.717) is 12.1 Å². The maximum atomic E-state index is 5.73. The number of ether oxygens (including phenoxy) is 1. The maximum Gasteiger partial charge on any atom is 0.0643 e. The van der Waals surface area contributed by atoms with Gasteiger partial charge in [-0.15, -0.1) is 0 Å². The van der Waals surface area contributed by atoms with Crippen molar-refractivity contribution in [1.29, 1.82) is 0 Å². The Morgan fingerprint density at radius 2 is 2.14 bits per heavy atom. The largest absolute Gasteiger partial charge is 0.374 e. The van der Waals surface area contributed by atoms with Gasteiger partial charge in [0.25, 0.3) is 0 Å². The van der Waals surface area contributed by atoms with E-state index >= 15 is 0 Å². The van der Waals surface area contributed by atoms with E-state index in [4.69, 9.17) is 4.74 Å². The minimum atomic E-state index is 0.0899. The monoisotopic (exact) mass is 215 g/mol. The van der Waals surface area contributed by atoms with Crippen molar-refractivity contribution in [2.45, 2.75) is 44.9 Å². The van der Waals surface area contributed by atoms with Gasteiger partial charge in [0.2, 0.25) is 0 Å². The van der Waals surface area contributed by atoms with Gasteiger partial charge in [0.15, 0.2) is 0 Å². The fourth-order valence-corrected chi connectivity index (χ4v) is 3.74. The van der Waals surface area contributed by atoms with Gasteiger partial charge in [-0.1, -0.05) is 6.92 Å². The van der Waals surface area contributed by atoms with Crippen molar-refractivity contribution >= 4 is 11.8 Å². The van der Waals surface area contributed by atoms with Crippen LogP contribution in [0.4, 0.5) is 0 Å². The molecule has 0 spiro atoms. The molecule has 1 N–H and O–H groups in total. The smallest absolute Gasteiger partial charge is 0.0643 e. The Hall–Kier alpha value is 0.270. The van der Waals surface area contributed by atoms with Crippen molar-refractivity contribution in [2.75, 3.05) is 18.1 Å². The maximum absolute atomic E-state index is 5.73. The van der Waals surface area contributed by atoms with Crippen molar-refractivity contribution in [3.63, 3.8) is 0 Å². The summed E-state index contributed by atoms with van der Waals surface area (Å²) in [5.41, 5.74) is 0.0899. The van der Waals surface area contributed by atoms with E-state index in [1.54, 1.807) is 0 Å². The van der Waals surface area contributed by atoms with Crippen molar-refractivity contribution in [1.82, 2.24) is 5.32 Å². The van der Waals surface area contributed by atoms with E-state index in [2.05, 4.69) is 37.8 Å². The standard InChI is InChI=1S/C11H21NOS/c1-8-6-14-7-10(8)12-9-4-11(2,3)13-5-9/h8-10,12H,4-7H2,1-3H3. The molecule has 0 saturated carbocycles. The lowest BCUT2D eigenvalue weighted by atomic mass is 10.0. The fourth-order valence-electron chi connectivity index (χ4n) is 2.32. The van der Waals surface area contributed by atoms with E-state index in [1.165, 1.54) is 11.5 Å². The van der Waals surface area contributed by atoms with E-state index in [1.807, 2.05) is 0 Å². The van der Waals surface area contributed by atoms with Gasteiger partial charge in [-0.05, 0) is 31.9 Å². The van der Waals surface area contributed by atoms with Gasteiger partial charge in [-0.2, -0.15) is 11.8 Å². The molecule has 2 nitrogen and oxygen atoms in total. The quantitative estimate of drug-likeness (QED) is 0.760. The van der Waals surface area contributed by atoms with E-state index in [0.717, 1.165) is 18.9 Å². The first kappa shape index (κ1) is 10.8. The molecule has 0 aromatic rings. The molecular weight excluding hydrogens is 194 g/mol. The number of nitrogens with one attached hydrogen (secondary N) is 1. The average Bonchev–Trinajstić information content (AvgIpc) is 2.61. The van der Waals surface area contributed by atoms with Crippen LogP contribution in [0.1, 0.15) is 27.2 Å². The van der Waals surface area contributed by atoms with Gasteiger partial charge in [0.05, 0.1) is 12.2 Å². The summed E-state index contributed by atoms with van der Waals surface area (Å²) < 4.78 is 5.73. The first-order valence-corrected chi connectivity index (χ1v) is 6.70. The molecule has 3 unspecified atom stereocenters. The van der Waals surface area contributed by atoms with Crippen LogP contribution in [0.25, 0.3) is 0 Å². The summed E-state index contributed by atoms with van der Waals surface area (Å²) >= 11 is 2.07. The second-order valence-electron chi connectivity index (χ2n) is 5.26. The zero-order valence-corrected chi connectivity index (χ0v) is 10.2. The lowest BCUT2D eigenvalue weighted by Gasteiger charge is -2.21. The molecule has 0 aliphatic carbocycles. The van der Waals surface area contributed by atoms with Gasteiger partial charge in [-0.3, -0.25) is 0 Å². The van der Waals surface area contributed by atoms with Crippen LogP contribution in [0.3, 0.4) is 0 Å². The number of hydrogen-bond donors (Lipinski definition) is 1. The summed E-state index contributed by atoms with van der Waals surface area (Å²) in [5.74, 6) is 3.41. The van der Waals surface area contributed by atoms with Crippen LogP contribution in [0.5, 0.6) is 0 Å². The first-order valence-electron chi connectivity index (χ1n) is 5.54. The molecule has 0 radical (unpaired) electrons. The van der Waals surface area contributed by atoms with Crippen molar-refractivity contribution < 1.29 is 4.74 Å². The van der Waals surface area contributed by atoms with E-state index in [9.17, 15) is 0 Å². The van der Waals surface area contributed by atoms with Crippen LogP contribution in [0, 0.1) is 5.92 Å². The molecule has 3 heteroatoms. The van der Waals surface area contributed by atoms with Crippen LogP contribution in [0.2, 0.25) is 0 Å². The Labute approximate surface area is 91.2 Å². The molecule has 82 valence electrons. The van der Waals surface area contributed by atoms with Crippen LogP contribution in [0.15, 0.2) is 0 Å². The van der Waals surface area contributed by atoms with Crippen LogP contribution in [-0.2, 0) is 4.74 Å². The average molecular weight is 215 g/mol. The van der Waals surface area contributed by atoms with Crippen LogP contribution >= 0.6 is 11.8 Å². The van der Waals surface area contributed by atoms with Crippen molar-refractivity contribution in [3.8, 4) is 0 Å². The third-order valence-corrected chi connectivity index (χ3v) is 4.58. The van der Waals surface area contributed by atoms with Gasteiger partial charge in [-0.25, -0.2) is 0 Å². The zero-order chi connectivity index (χ0) is 10.2. The highest BCUT2D eigenvalue weighted by Crippen LogP contribution is 2.28. The summed E-state index contributed by atoms with van der Waals surface area (Å²) in [4.78, 5) is 0. The van der Waals surface area contributed by atoms with Gasteiger partial charge in [0.1, 0.15) is 0 Å². The second-order valence-corrected chi connectivity index (χ2v) is 6.33. The number of rotatable bonds is 2. The molecule has 0 aromatic carbocycles. The second kappa shape index (κ2) is 4.03. The first-order chi connectivity index (χ1) is 6.57. The van der Waals surface area contributed by atoms with E-state index in [-0.39, 0.29) is 5.60 Å². The SMILES string of the molecule is CC1CSCC1NC1COC(C)(C)C1. The predicted molar refractivity (Wildman–Crippen MR) is 61.8 cm³/mol. The van der Waals surface area contributed by atoms with Crippen molar-refractivity contribution in [2.24, 2.45) is 5.92 Å². The Morgan fingerprint density at radius 3 is 2.64 bits per heavy atom. The summed E-state index contributed by atoms with van der Waals surface area (Å²) in [6, 6.07) is 1.29. The molecule has 2 rings (SSSR count). The van der Waals surface area contributed by atoms with Crippen LogP contribution < -0.4 is 5.32 Å². The number of hydrogen-bond acceptors (Lipinski definition) is 3. The molecule has 2 aliphatic rings. The molecular formula is C11H21NOS. The molecule has 0 aromatic heterocycles. The molecule has 2 aliphatic heterocycles. The molecule has 2 heterocycles. The predicted octanol–water partition coefficient (Wildman–Crippen LogP) is 1.89. The highest BCUT2D eigenvalue weighted by Gasteiger charge is 2.34. The molecule has 2 saturated heterocycles. The van der Waals surface area contributed by atoms with Gasteiger partial charge < -0.3 is 10.1 Å². The molecule has 0 bridgehead atoms. The molecule has 0 amide bonds. The normalized spacial score (nSPS) is 41.8. The summed E-state index contributed by atoms with van der Waals surface area (Å²) in [5, 5.41) is 3.74.